The second kappa shape index (κ2) is 13.6. The van der Waals surface area contributed by atoms with Gasteiger partial charge in [0.2, 0.25) is 0 Å². The first-order valence-electron chi connectivity index (χ1n) is 26.0. The Morgan fingerprint density at radius 2 is 1.37 bits per heavy atom. The fraction of sp³-hybridized carbons (Fsp3) is 0.158. The van der Waals surface area contributed by atoms with E-state index in [4.69, 9.17) is 23.4 Å². The van der Waals surface area contributed by atoms with Gasteiger partial charge in [-0.1, -0.05) is 148 Å². The molecule has 0 spiro atoms. The molecule has 0 unspecified atom stereocenters. The van der Waals surface area contributed by atoms with Crippen LogP contribution in [0.1, 0.15) is 69.9 Å². The Hall–Kier alpha value is -7.24. The molecule has 3 aromatic heterocycles. The number of ether oxygens (including phenoxy) is 1. The van der Waals surface area contributed by atoms with E-state index in [1.54, 1.807) is 22.8 Å². The number of fused-ring (bicyclic) bond motifs is 9. The highest BCUT2D eigenvalue weighted by molar-refractivity contribution is 6.09. The molecule has 2 aliphatic rings. The number of para-hydroxylation sites is 4. The summed E-state index contributed by atoms with van der Waals surface area (Å²) in [4.78, 5) is 5.24. The first-order chi connectivity index (χ1) is 34.4. The van der Waals surface area contributed by atoms with Crippen molar-refractivity contribution in [2.45, 2.75) is 51.9 Å². The number of hydrogen-bond donors (Lipinski definition) is 0. The highest BCUT2D eigenvalue weighted by Gasteiger charge is 2.60. The second-order valence-corrected chi connectivity index (χ2v) is 17.3. The lowest BCUT2D eigenvalue weighted by atomic mass is 9.69. The van der Waals surface area contributed by atoms with Crippen molar-refractivity contribution in [3.8, 4) is 50.9 Å². The Morgan fingerprint density at radius 1 is 0.710 bits per heavy atom. The summed E-state index contributed by atoms with van der Waals surface area (Å²) in [6, 6.07) is 29.1. The van der Waals surface area contributed by atoms with Crippen molar-refractivity contribution in [1.29, 1.82) is 0 Å². The topological polar surface area (TPSA) is 35.9 Å². The highest BCUT2D eigenvalue weighted by atomic mass is 16.5. The van der Waals surface area contributed by atoms with E-state index in [0.717, 1.165) is 27.6 Å². The average molecular weight is 813 g/mol. The number of rotatable bonds is 7. The van der Waals surface area contributed by atoms with E-state index in [1.165, 1.54) is 29.5 Å². The van der Waals surface area contributed by atoms with Crippen LogP contribution >= 0.6 is 0 Å². The smallest absolute Gasteiger partial charge is 0.269 e. The number of hydrogen-bond acceptors (Lipinski definition) is 2. The maximum atomic E-state index is 9.03. The van der Waals surface area contributed by atoms with Gasteiger partial charge in [-0.15, -0.1) is 0 Å². The van der Waals surface area contributed by atoms with Crippen molar-refractivity contribution >= 4 is 32.8 Å². The van der Waals surface area contributed by atoms with Gasteiger partial charge in [-0.3, -0.25) is 13.7 Å². The summed E-state index contributed by atoms with van der Waals surface area (Å²) in [7, 11) is 0. The van der Waals surface area contributed by atoms with Gasteiger partial charge in [0.1, 0.15) is 17.3 Å². The molecule has 62 heavy (non-hydrogen) atoms. The molecule has 7 aromatic carbocycles. The van der Waals surface area contributed by atoms with E-state index in [0.29, 0.717) is 34.1 Å². The molecule has 0 saturated heterocycles. The van der Waals surface area contributed by atoms with Crippen LogP contribution in [0.2, 0.25) is 0 Å². The number of nitrogens with zero attached hydrogens (tertiary/aromatic N) is 4. The lowest BCUT2D eigenvalue weighted by Crippen LogP contribution is -2.31. The molecule has 300 valence electrons. The number of imidazole rings is 1. The molecule has 0 amide bonds. The SMILES string of the molecule is [2H]c1c([2H])c([2H])c(-c2cccc(-c3c([2H])c([2H])c([2H])c([2H])c3[2H])c2-[n+]2[c-]n(-c3cccc(Oc4ccc5c6ccccc6n(-c6ncc7c(c6C)[C@H]6CC[C@]7(C)C6(C)C)c5c4)c3)c3ccccc32)c([2H])c1[2H]. The summed E-state index contributed by atoms with van der Waals surface area (Å²) in [6.45, 7) is 9.46. The van der Waals surface area contributed by atoms with Crippen molar-refractivity contribution in [3.63, 3.8) is 0 Å². The van der Waals surface area contributed by atoms with Crippen molar-refractivity contribution in [3.05, 3.63) is 199 Å². The van der Waals surface area contributed by atoms with Crippen LogP contribution in [-0.4, -0.2) is 14.1 Å². The molecule has 1 fully saturated rings. The summed E-state index contributed by atoms with van der Waals surface area (Å²) in [5, 5.41) is 2.19. The lowest BCUT2D eigenvalue weighted by Gasteiger charge is -2.35. The molecule has 5 nitrogen and oxygen atoms in total. The first kappa shape index (κ1) is 27.6. The standard InChI is InChI=1S/C57H46N4O/c1-37-53-47-31-32-57(4,56(47,2)3)48(53)35-58-55(37)61-49-26-12-11-23-45(49)46-30-29-42(34-52(46)61)62-41-22-15-21-40(33-41)59-36-60(51-28-14-13-27-50(51)59)54-43(38-17-7-5-8-18-38)24-16-25-44(54)39-19-9-6-10-20-39/h5-30,33-35,47H,31-32H2,1-4H3/t47-,57+/m1/s1/i5D,6D,7D,8D,9D,10D,17D,18D,19D,20D. The van der Waals surface area contributed by atoms with Crippen LogP contribution in [0.5, 0.6) is 11.5 Å². The van der Waals surface area contributed by atoms with Crippen LogP contribution in [-0.2, 0) is 5.41 Å². The van der Waals surface area contributed by atoms with Gasteiger partial charge >= 0.3 is 0 Å². The fourth-order valence-electron chi connectivity index (χ4n) is 10.7. The van der Waals surface area contributed by atoms with E-state index in [1.807, 2.05) is 59.2 Å². The number of aromatic nitrogens is 4. The minimum Gasteiger partial charge on any atom is -0.458 e. The molecule has 0 N–H and O–H groups in total. The quantitative estimate of drug-likeness (QED) is 0.119. The van der Waals surface area contributed by atoms with E-state index in [-0.39, 0.29) is 38.8 Å². The second-order valence-electron chi connectivity index (χ2n) is 17.3. The number of pyridine rings is 1. The largest absolute Gasteiger partial charge is 0.458 e. The Balaban J connectivity index is 1.01. The van der Waals surface area contributed by atoms with Crippen LogP contribution in [0.15, 0.2) is 176 Å². The molecular weight excluding hydrogens is 757 g/mol. The third-order valence-electron chi connectivity index (χ3n) is 14.0. The fourth-order valence-corrected chi connectivity index (χ4v) is 10.7. The van der Waals surface area contributed by atoms with Gasteiger partial charge in [-0.05, 0) is 106 Å². The zero-order chi connectivity index (χ0) is 50.4. The maximum Gasteiger partial charge on any atom is 0.269 e. The van der Waals surface area contributed by atoms with E-state index in [9.17, 15) is 0 Å². The number of benzene rings is 7. The zero-order valence-electron chi connectivity index (χ0n) is 44.7. The third-order valence-corrected chi connectivity index (χ3v) is 14.0. The van der Waals surface area contributed by atoms with E-state index >= 15 is 0 Å². The molecule has 3 heterocycles. The predicted molar refractivity (Wildman–Crippen MR) is 251 cm³/mol. The van der Waals surface area contributed by atoms with Gasteiger partial charge in [-0.25, -0.2) is 4.98 Å². The zero-order valence-corrected chi connectivity index (χ0v) is 34.7. The molecule has 5 heteroatoms. The van der Waals surface area contributed by atoms with Gasteiger partial charge in [0.05, 0.1) is 47.1 Å². The first-order valence-corrected chi connectivity index (χ1v) is 21.0. The predicted octanol–water partition coefficient (Wildman–Crippen LogP) is 13.8. The van der Waals surface area contributed by atoms with Crippen LogP contribution in [0.4, 0.5) is 0 Å². The van der Waals surface area contributed by atoms with Crippen LogP contribution in [0.3, 0.4) is 0 Å². The molecule has 2 bridgehead atoms. The van der Waals surface area contributed by atoms with Crippen molar-refractivity contribution < 1.29 is 23.0 Å². The molecule has 10 aromatic rings. The van der Waals surface area contributed by atoms with Gasteiger partial charge in [-0.2, -0.15) is 0 Å². The van der Waals surface area contributed by atoms with Crippen LogP contribution in [0, 0.1) is 18.7 Å². The molecule has 1 saturated carbocycles. The summed E-state index contributed by atoms with van der Waals surface area (Å²) in [5.74, 6) is 2.52. The van der Waals surface area contributed by atoms with Crippen LogP contribution < -0.4 is 9.30 Å². The van der Waals surface area contributed by atoms with Gasteiger partial charge in [0.25, 0.3) is 6.33 Å². The van der Waals surface area contributed by atoms with E-state index < -0.39 is 60.4 Å². The Kier molecular flexibility index (Phi) is 6.06. The average Bonchev–Trinajstić information content (AvgIpc) is 4.04. The van der Waals surface area contributed by atoms with Gasteiger partial charge in [0.15, 0.2) is 0 Å². The summed E-state index contributed by atoms with van der Waals surface area (Å²) < 4.78 is 99.6. The highest BCUT2D eigenvalue weighted by Crippen LogP contribution is 2.68. The maximum absolute atomic E-state index is 9.03. The Labute approximate surface area is 376 Å². The summed E-state index contributed by atoms with van der Waals surface area (Å²) in [5.41, 5.74) is 8.42. The van der Waals surface area contributed by atoms with Crippen molar-refractivity contribution in [1.82, 2.24) is 14.1 Å². The van der Waals surface area contributed by atoms with E-state index in [2.05, 4.69) is 81.2 Å². The molecule has 0 aliphatic heterocycles. The minimum absolute atomic E-state index is 0.0837. The molecule has 12 rings (SSSR count). The van der Waals surface area contributed by atoms with Crippen molar-refractivity contribution in [2.75, 3.05) is 0 Å². The molecule has 0 radical (unpaired) electrons. The van der Waals surface area contributed by atoms with Crippen LogP contribution in [0.25, 0.3) is 72.3 Å². The minimum atomic E-state index is -0.561. The third kappa shape index (κ3) is 5.27. The lowest BCUT2D eigenvalue weighted by molar-refractivity contribution is -0.571. The normalized spacial score (nSPS) is 19.8. The Morgan fingerprint density at radius 3 is 2.13 bits per heavy atom. The van der Waals surface area contributed by atoms with Crippen molar-refractivity contribution in [2.24, 2.45) is 5.41 Å². The Bertz CT molecular complexity index is 3860. The molecule has 2 aliphatic carbocycles. The molecule has 2 atom stereocenters. The summed E-state index contributed by atoms with van der Waals surface area (Å²) in [6.07, 6.45) is 7.92. The summed E-state index contributed by atoms with van der Waals surface area (Å²) >= 11 is 0. The monoisotopic (exact) mass is 812 g/mol. The molecular formula is C57H46N4O. The van der Waals surface area contributed by atoms with Gasteiger partial charge < -0.3 is 4.74 Å². The van der Waals surface area contributed by atoms with Gasteiger partial charge in [0, 0.05) is 28.5 Å².